The van der Waals surface area contributed by atoms with Crippen LogP contribution in [-0.4, -0.2) is 166 Å². The van der Waals surface area contributed by atoms with Crippen molar-refractivity contribution in [2.75, 3.05) is 51.0 Å². The normalized spacial score (nSPS) is 19.4. The average Bonchev–Trinajstić information content (AvgIpc) is 2.73. The number of alkyl halides is 8. The van der Waals surface area contributed by atoms with Gasteiger partial charge in [0.25, 0.3) is 5.91 Å². The van der Waals surface area contributed by atoms with Gasteiger partial charge in [0.2, 0.25) is 5.91 Å². The van der Waals surface area contributed by atoms with Gasteiger partial charge >= 0.3 is 31.1 Å². The fraction of sp³-hybridized carbons (Fsp3) is 0.519. The molecule has 4 amide bonds. The number of fused-ring (bicyclic) bond motifs is 2. The lowest BCUT2D eigenvalue weighted by Gasteiger charge is -2.47. The van der Waals surface area contributed by atoms with Crippen molar-refractivity contribution in [1.29, 1.82) is 0 Å². The van der Waals surface area contributed by atoms with Gasteiger partial charge in [0.05, 0.1) is 61.1 Å². The predicted molar refractivity (Wildman–Crippen MR) is 274 cm³/mol. The summed E-state index contributed by atoms with van der Waals surface area (Å²) in [6.45, 7) is -0.393. The van der Waals surface area contributed by atoms with Crippen molar-refractivity contribution in [3.63, 3.8) is 0 Å². The third kappa shape index (κ3) is 14.4. The highest BCUT2D eigenvalue weighted by molar-refractivity contribution is 5.87. The number of carboxylic acid groups (broad SMARTS) is 1. The Kier molecular flexibility index (Phi) is 18.5. The van der Waals surface area contributed by atoms with Crippen molar-refractivity contribution in [2.45, 2.75) is 121 Å². The number of ether oxygens (including phenoxy) is 3. The molecule has 0 saturated carbocycles. The molecule has 29 heteroatoms. The number of halogens is 10. The number of amides is 4. The van der Waals surface area contributed by atoms with Gasteiger partial charge in [-0.05, 0) is 95.0 Å². The number of carbonyl (C=O) groups is 4. The third-order valence-corrected chi connectivity index (χ3v) is 15.3. The van der Waals surface area contributed by atoms with Crippen molar-refractivity contribution in [2.24, 2.45) is 10.8 Å². The van der Waals surface area contributed by atoms with E-state index in [2.05, 4.69) is 37.0 Å². The molecule has 0 spiro atoms. The zero-order valence-corrected chi connectivity index (χ0v) is 45.0. The molecule has 6 heterocycles. The Bertz CT molecular complexity index is 3000. The van der Waals surface area contributed by atoms with Crippen LogP contribution in [0.5, 0.6) is 0 Å². The van der Waals surface area contributed by atoms with Crippen molar-refractivity contribution in [3.05, 3.63) is 101 Å². The van der Waals surface area contributed by atoms with E-state index in [0.717, 1.165) is 57.2 Å². The molecule has 4 aliphatic heterocycles. The van der Waals surface area contributed by atoms with Crippen LogP contribution >= 0.6 is 0 Å². The van der Waals surface area contributed by atoms with E-state index in [1.807, 2.05) is 22.9 Å². The smallest absolute Gasteiger partial charge is 0.408 e. The number of carbonyl (C=O) groups excluding carboxylic acids is 3. The average molecular weight is 1180 g/mol. The summed E-state index contributed by atoms with van der Waals surface area (Å²) in [5.74, 6) is 0.612. The minimum absolute atomic E-state index is 0.0928. The molecule has 450 valence electrons. The topological polar surface area (TPSA) is 225 Å². The van der Waals surface area contributed by atoms with Crippen molar-refractivity contribution >= 4 is 29.8 Å². The maximum Gasteiger partial charge on any atom is 0.408 e. The highest BCUT2D eigenvalue weighted by Gasteiger charge is 2.57. The van der Waals surface area contributed by atoms with Crippen LogP contribution in [-0.2, 0) is 36.8 Å². The monoisotopic (exact) mass is 1180 g/mol. The van der Waals surface area contributed by atoms with E-state index >= 15 is 8.78 Å². The largest absolute Gasteiger partial charge is 0.465 e. The summed E-state index contributed by atoms with van der Waals surface area (Å²) >= 11 is 0. The van der Waals surface area contributed by atoms with Gasteiger partial charge in [0.1, 0.15) is 29.5 Å². The number of aromatic nitrogens is 3. The van der Waals surface area contributed by atoms with Crippen LogP contribution in [0.25, 0.3) is 11.3 Å². The Morgan fingerprint density at radius 3 is 1.87 bits per heavy atom. The number of benzene rings is 2. The summed E-state index contributed by atoms with van der Waals surface area (Å²) < 4.78 is 162. The van der Waals surface area contributed by atoms with Crippen LogP contribution in [0.3, 0.4) is 0 Å². The highest BCUT2D eigenvalue weighted by atomic mass is 19.4. The molecule has 4 aliphatic rings. The molecule has 2 bridgehead atoms. The molecule has 2 aromatic carbocycles. The minimum Gasteiger partial charge on any atom is -0.465 e. The molecule has 19 nitrogen and oxygen atoms in total. The van der Waals surface area contributed by atoms with Crippen molar-refractivity contribution < 1.29 is 87.5 Å². The number of aliphatic hydroxyl groups is 1. The lowest BCUT2D eigenvalue weighted by atomic mass is 9.82. The Labute approximate surface area is 468 Å². The molecule has 4 fully saturated rings. The molecular weight excluding hydrogens is 1120 g/mol. The van der Waals surface area contributed by atoms with Gasteiger partial charge < -0.3 is 45.3 Å². The fourth-order valence-corrected chi connectivity index (χ4v) is 10.0. The Balaban J connectivity index is 1.08. The zero-order chi connectivity index (χ0) is 60.3. The number of piperazine rings is 1. The summed E-state index contributed by atoms with van der Waals surface area (Å²) in [5, 5.41) is 31.4. The van der Waals surface area contributed by atoms with Gasteiger partial charge in [-0.25, -0.2) is 33.0 Å². The number of rotatable bonds is 20. The standard InChI is InChI=1S/C54H60F10N10O9/c1-51(2,53(59,60)61)44(68-50(80)83-36-27-82-28-36)46(76)66-41(17-30-8-5-29(6-9-30)7-10-31-11-14-43(65-20-31)71-21-33-12-13-34(22-71)74(33)35-25-81-26-35)42(75)24-72(70-47(77)45(67-49(78)79)52(3,4)54(62,63)64)23-37-38(55)18-32(19-39(37)56)40-15-16-73(69-40)48(57)58/h5-6,8-9,11,14-16,18-20,33-36,41-42,44-45,48,67,75H,12-13,17,21-28H2,1-4H3,(H,66,76)(H,68,80)(H,70,77)(H,78,79)/t33?,34?,41-,42-,44?,45+/m0/s1. The van der Waals surface area contributed by atoms with E-state index in [9.17, 15) is 64.5 Å². The van der Waals surface area contributed by atoms with Gasteiger partial charge in [0, 0.05) is 72.9 Å². The quantitative estimate of drug-likeness (QED) is 0.0325. The first-order valence-corrected chi connectivity index (χ1v) is 26.2. The van der Waals surface area contributed by atoms with Crippen LogP contribution in [0.1, 0.15) is 69.3 Å². The molecule has 3 unspecified atom stereocenters. The maximum atomic E-state index is 16.1. The number of anilines is 1. The van der Waals surface area contributed by atoms with Crippen molar-refractivity contribution in [1.82, 2.24) is 46.0 Å². The minimum atomic E-state index is -5.29. The number of pyridine rings is 1. The van der Waals surface area contributed by atoms with Gasteiger partial charge in [-0.2, -0.15) is 40.2 Å². The number of nitrogens with one attached hydrogen (secondary N) is 4. The van der Waals surface area contributed by atoms with Gasteiger partial charge in [-0.1, -0.05) is 24.0 Å². The van der Waals surface area contributed by atoms with E-state index < -0.39 is 121 Å². The number of hydrazine groups is 1. The van der Waals surface area contributed by atoms with Crippen LogP contribution in [0.15, 0.2) is 67.0 Å². The molecule has 8 rings (SSSR count). The van der Waals surface area contributed by atoms with Crippen molar-refractivity contribution in [3.8, 4) is 23.1 Å². The van der Waals surface area contributed by atoms with E-state index in [1.165, 1.54) is 29.6 Å². The van der Waals surface area contributed by atoms with Crippen LogP contribution < -0.4 is 26.3 Å². The summed E-state index contributed by atoms with van der Waals surface area (Å²) in [4.78, 5) is 62.5. The molecule has 2 aromatic heterocycles. The second-order valence-electron chi connectivity index (χ2n) is 21.9. The highest BCUT2D eigenvalue weighted by Crippen LogP contribution is 2.42. The van der Waals surface area contributed by atoms with Crippen LogP contribution in [0.2, 0.25) is 0 Å². The zero-order valence-electron chi connectivity index (χ0n) is 45.0. The first kappa shape index (κ1) is 61.8. The Morgan fingerprint density at radius 1 is 0.783 bits per heavy atom. The number of hydrogen-bond acceptors (Lipinski definition) is 13. The number of aliphatic hydroxyl groups excluding tert-OH is 1. The molecule has 0 radical (unpaired) electrons. The van der Waals surface area contributed by atoms with Crippen LogP contribution in [0.4, 0.5) is 59.3 Å². The summed E-state index contributed by atoms with van der Waals surface area (Å²) in [6, 6.07) is 6.29. The first-order valence-electron chi connectivity index (χ1n) is 26.2. The predicted octanol–water partition coefficient (Wildman–Crippen LogP) is 6.30. The first-order chi connectivity index (χ1) is 39.0. The summed E-state index contributed by atoms with van der Waals surface area (Å²) in [7, 11) is 0. The number of alkyl carbamates (subject to hydrolysis) is 1. The van der Waals surface area contributed by atoms with Crippen LogP contribution in [0, 0.1) is 34.3 Å². The lowest BCUT2D eigenvalue weighted by Crippen LogP contribution is -2.64. The second kappa shape index (κ2) is 24.9. The van der Waals surface area contributed by atoms with E-state index in [-0.39, 0.29) is 34.7 Å². The molecule has 4 aromatic rings. The van der Waals surface area contributed by atoms with Gasteiger partial charge in [-0.3, -0.25) is 19.9 Å². The molecule has 83 heavy (non-hydrogen) atoms. The van der Waals surface area contributed by atoms with E-state index in [4.69, 9.17) is 14.2 Å². The molecule has 0 aliphatic carbocycles. The Hall–Kier alpha value is -7.26. The summed E-state index contributed by atoms with van der Waals surface area (Å²) in [6.07, 6.45) is -13.0. The van der Waals surface area contributed by atoms with Gasteiger partial charge in [0.15, 0.2) is 6.10 Å². The molecular formula is C54H60F10N10O9. The maximum absolute atomic E-state index is 16.1. The van der Waals surface area contributed by atoms with E-state index in [0.29, 0.717) is 74.1 Å². The number of hydrogen-bond donors (Lipinski definition) is 6. The summed E-state index contributed by atoms with van der Waals surface area (Å²) in [5.41, 5.74) is -4.71. The fourth-order valence-electron chi connectivity index (χ4n) is 10.0. The van der Waals surface area contributed by atoms with Gasteiger partial charge in [-0.15, -0.1) is 0 Å². The second-order valence-corrected chi connectivity index (χ2v) is 21.9. The third-order valence-electron chi connectivity index (χ3n) is 15.3. The molecule has 4 saturated heterocycles. The Morgan fingerprint density at radius 2 is 1.36 bits per heavy atom. The number of nitrogens with zero attached hydrogens (tertiary/aromatic N) is 6. The van der Waals surface area contributed by atoms with E-state index in [1.54, 1.807) is 6.20 Å². The lowest BCUT2D eigenvalue weighted by molar-refractivity contribution is -0.221. The molecule has 6 atom stereocenters. The molecule has 6 N–H and O–H groups in total. The SMILES string of the molecule is CC(C)(C(NC(=O)OC1COC1)C(=O)N[C@@H](Cc1ccc(C#Cc2ccc(N3CC4CCC(C3)N4C3COC3)nc2)cc1)[C@@H](O)CN(Cc1c(F)cc(-c2ccn(C(F)F)n2)cc1F)NC(=O)[C@@H](NC(=O)O)C(C)(C)C(F)(F)F)C(F)(F)F.